The van der Waals surface area contributed by atoms with Crippen molar-refractivity contribution in [1.82, 2.24) is 34.4 Å². The van der Waals surface area contributed by atoms with Crippen molar-refractivity contribution in [3.63, 3.8) is 0 Å². The van der Waals surface area contributed by atoms with Gasteiger partial charge in [0.1, 0.15) is 28.9 Å². The van der Waals surface area contributed by atoms with E-state index in [-0.39, 0.29) is 5.54 Å². The normalized spacial score (nSPS) is 18.6. The maximum absolute atomic E-state index is 9.53. The summed E-state index contributed by atoms with van der Waals surface area (Å²) >= 11 is 1.83. The van der Waals surface area contributed by atoms with Gasteiger partial charge in [-0.1, -0.05) is 18.9 Å². The third kappa shape index (κ3) is 2.64. The van der Waals surface area contributed by atoms with Crippen molar-refractivity contribution in [2.75, 3.05) is 25.4 Å². The first-order chi connectivity index (χ1) is 13.8. The van der Waals surface area contributed by atoms with E-state index in [2.05, 4.69) is 42.2 Å². The molecule has 0 aliphatic carbocycles. The fraction of sp³-hybridized carbons (Fsp3) is 0.474. The van der Waals surface area contributed by atoms with Crippen molar-refractivity contribution in [2.45, 2.75) is 31.8 Å². The molecule has 2 aliphatic heterocycles. The number of nitrogens with zero attached hydrogens (tertiary/aromatic N) is 6. The highest BCUT2D eigenvalue weighted by atomic mass is 32.2. The van der Waals surface area contributed by atoms with Crippen LogP contribution in [0.25, 0.3) is 22.4 Å². The molecule has 9 heteroatoms. The molecule has 28 heavy (non-hydrogen) atoms. The van der Waals surface area contributed by atoms with Crippen LogP contribution < -0.4 is 5.32 Å². The van der Waals surface area contributed by atoms with E-state index in [0.29, 0.717) is 6.42 Å². The zero-order chi connectivity index (χ0) is 19.1. The smallest absolute Gasteiger partial charge is 0.141 e. The summed E-state index contributed by atoms with van der Waals surface area (Å²) in [6, 6.07) is 4.41. The van der Waals surface area contributed by atoms with Crippen molar-refractivity contribution in [1.29, 1.82) is 5.26 Å². The Hall–Kier alpha value is -2.41. The standard InChI is InChI=1S/C19H22N8S/c1-2-28-26-10-19(11-26,5-6-20)27-15-4-7-21-9-14(15)17(25-27)16-13-3-8-22-18(13)24-12-23-16/h3,8,12,21H,2,4-5,7,9-11H2,1H3,(H,22,23,24). The molecule has 1 fully saturated rings. The SMILES string of the molecule is CCSN1CC(CC#N)(n2nc(-c3ncnc4[nH]ccc34)c3c2CCNC3)C1. The van der Waals surface area contributed by atoms with Crippen LogP contribution in [-0.4, -0.2) is 54.4 Å². The predicted molar refractivity (Wildman–Crippen MR) is 108 cm³/mol. The average molecular weight is 395 g/mol. The molecule has 3 aromatic rings. The van der Waals surface area contributed by atoms with Gasteiger partial charge in [-0.25, -0.2) is 14.3 Å². The lowest BCUT2D eigenvalue weighted by atomic mass is 9.88. The van der Waals surface area contributed by atoms with Gasteiger partial charge in [-0.2, -0.15) is 10.4 Å². The van der Waals surface area contributed by atoms with Gasteiger partial charge < -0.3 is 10.3 Å². The lowest BCUT2D eigenvalue weighted by molar-refractivity contribution is 0.0777. The Morgan fingerprint density at radius 2 is 2.21 bits per heavy atom. The first-order valence-corrected chi connectivity index (χ1v) is 10.6. The third-order valence-corrected chi connectivity index (χ3v) is 6.50. The molecule has 1 saturated heterocycles. The number of H-pyrrole nitrogens is 1. The van der Waals surface area contributed by atoms with E-state index < -0.39 is 0 Å². The highest BCUT2D eigenvalue weighted by Gasteiger charge is 2.47. The van der Waals surface area contributed by atoms with Gasteiger partial charge in [0.15, 0.2) is 0 Å². The molecule has 0 radical (unpaired) electrons. The second-order valence-electron chi connectivity index (χ2n) is 7.35. The lowest BCUT2D eigenvalue weighted by Crippen LogP contribution is -2.60. The number of aromatic amines is 1. The molecule has 0 atom stereocenters. The van der Waals surface area contributed by atoms with Crippen LogP contribution in [0.4, 0.5) is 0 Å². The zero-order valence-corrected chi connectivity index (χ0v) is 16.6. The van der Waals surface area contributed by atoms with E-state index in [4.69, 9.17) is 5.10 Å². The Balaban J connectivity index is 1.64. The molecule has 0 saturated carbocycles. The maximum Gasteiger partial charge on any atom is 0.141 e. The van der Waals surface area contributed by atoms with Crippen LogP contribution in [0.3, 0.4) is 0 Å². The Morgan fingerprint density at radius 3 is 3.04 bits per heavy atom. The molecule has 144 valence electrons. The molecule has 2 aliphatic rings. The number of aromatic nitrogens is 5. The third-order valence-electron chi connectivity index (χ3n) is 5.62. The van der Waals surface area contributed by atoms with Gasteiger partial charge >= 0.3 is 0 Å². The van der Waals surface area contributed by atoms with Gasteiger partial charge in [0.05, 0.1) is 12.5 Å². The molecule has 0 spiro atoms. The van der Waals surface area contributed by atoms with Crippen LogP contribution in [0.1, 0.15) is 24.6 Å². The topological polar surface area (TPSA) is 98.4 Å². The number of nitrogens with one attached hydrogen (secondary N) is 2. The van der Waals surface area contributed by atoms with Gasteiger partial charge in [-0.15, -0.1) is 0 Å². The van der Waals surface area contributed by atoms with Gasteiger partial charge in [0, 0.05) is 61.2 Å². The van der Waals surface area contributed by atoms with Crippen LogP contribution in [-0.2, 0) is 18.5 Å². The maximum atomic E-state index is 9.53. The van der Waals surface area contributed by atoms with Gasteiger partial charge in [-0.3, -0.25) is 4.68 Å². The fourth-order valence-corrected chi connectivity index (χ4v) is 5.37. The minimum Gasteiger partial charge on any atom is -0.346 e. The Morgan fingerprint density at radius 1 is 1.32 bits per heavy atom. The summed E-state index contributed by atoms with van der Waals surface area (Å²) in [6.07, 6.45) is 4.85. The largest absolute Gasteiger partial charge is 0.346 e. The van der Waals surface area contributed by atoms with Crippen molar-refractivity contribution < 1.29 is 0 Å². The van der Waals surface area contributed by atoms with Crippen molar-refractivity contribution >= 4 is 23.0 Å². The molecular weight excluding hydrogens is 372 g/mol. The molecule has 0 aromatic carbocycles. The average Bonchev–Trinajstić information content (AvgIpc) is 3.31. The van der Waals surface area contributed by atoms with Crippen molar-refractivity contribution in [2.24, 2.45) is 0 Å². The number of rotatable bonds is 5. The Kier molecular flexibility index (Phi) is 4.34. The van der Waals surface area contributed by atoms with E-state index in [1.807, 2.05) is 24.2 Å². The highest BCUT2D eigenvalue weighted by molar-refractivity contribution is 7.97. The lowest BCUT2D eigenvalue weighted by Gasteiger charge is -2.49. The molecule has 0 amide bonds. The number of hydrogen-bond donors (Lipinski definition) is 2. The van der Waals surface area contributed by atoms with Crippen molar-refractivity contribution in [3.05, 3.63) is 29.8 Å². The first-order valence-electron chi connectivity index (χ1n) is 9.61. The highest BCUT2D eigenvalue weighted by Crippen LogP contribution is 2.40. The summed E-state index contributed by atoms with van der Waals surface area (Å²) in [7, 11) is 0. The van der Waals surface area contributed by atoms with Gasteiger partial charge in [-0.05, 0) is 6.07 Å². The fourth-order valence-electron chi connectivity index (χ4n) is 4.34. The minimum absolute atomic E-state index is 0.249. The van der Waals surface area contributed by atoms with E-state index in [9.17, 15) is 5.26 Å². The van der Waals surface area contributed by atoms with Crippen LogP contribution in [0.15, 0.2) is 18.6 Å². The molecular formula is C19H22N8S. The quantitative estimate of drug-likeness (QED) is 0.639. The Labute approximate surface area is 167 Å². The summed E-state index contributed by atoms with van der Waals surface area (Å²) in [5.74, 6) is 1.04. The molecule has 8 nitrogen and oxygen atoms in total. The van der Waals surface area contributed by atoms with E-state index in [0.717, 1.165) is 60.8 Å². The monoisotopic (exact) mass is 394 g/mol. The Bertz CT molecular complexity index is 1060. The predicted octanol–water partition coefficient (Wildman–Crippen LogP) is 2.06. The molecule has 0 unspecified atom stereocenters. The van der Waals surface area contributed by atoms with E-state index in [1.165, 1.54) is 11.3 Å². The van der Waals surface area contributed by atoms with Crippen LogP contribution >= 0.6 is 11.9 Å². The summed E-state index contributed by atoms with van der Waals surface area (Å²) in [5, 5.41) is 19.1. The van der Waals surface area contributed by atoms with Crippen LogP contribution in [0, 0.1) is 11.3 Å². The second kappa shape index (κ2) is 6.88. The minimum atomic E-state index is -0.249. The van der Waals surface area contributed by atoms with Crippen LogP contribution in [0.5, 0.6) is 0 Å². The van der Waals surface area contributed by atoms with Crippen molar-refractivity contribution in [3.8, 4) is 17.5 Å². The second-order valence-corrected chi connectivity index (χ2v) is 8.70. The zero-order valence-electron chi connectivity index (χ0n) is 15.8. The van der Waals surface area contributed by atoms with Gasteiger partial charge in [0.2, 0.25) is 0 Å². The summed E-state index contributed by atoms with van der Waals surface area (Å²) in [4.78, 5) is 12.0. The first kappa shape index (κ1) is 17.7. The molecule has 5 rings (SSSR count). The molecule has 0 bridgehead atoms. The molecule has 3 aromatic heterocycles. The van der Waals surface area contributed by atoms with E-state index in [1.54, 1.807) is 6.33 Å². The molecule has 5 heterocycles. The number of fused-ring (bicyclic) bond motifs is 2. The molecule has 2 N–H and O–H groups in total. The number of nitriles is 1. The van der Waals surface area contributed by atoms with E-state index >= 15 is 0 Å². The van der Waals surface area contributed by atoms with Gasteiger partial charge in [0.25, 0.3) is 0 Å². The summed E-state index contributed by atoms with van der Waals surface area (Å²) in [6.45, 7) is 5.56. The summed E-state index contributed by atoms with van der Waals surface area (Å²) < 4.78 is 4.50. The summed E-state index contributed by atoms with van der Waals surface area (Å²) in [5.41, 5.74) is 4.78. The van der Waals surface area contributed by atoms with Crippen LogP contribution in [0.2, 0.25) is 0 Å². The number of hydrogen-bond acceptors (Lipinski definition) is 7.